The topological polar surface area (TPSA) is 27.1 Å². The largest absolute Gasteiger partial charge is 0.373 e. The number of nitrogens with zero attached hydrogens (tertiary/aromatic N) is 2. The second-order valence-corrected chi connectivity index (χ2v) is 4.79. The molecule has 14 heavy (non-hydrogen) atoms. The van der Waals surface area contributed by atoms with E-state index in [4.69, 9.17) is 4.74 Å². The van der Waals surface area contributed by atoms with Gasteiger partial charge in [0.1, 0.15) is 0 Å². The molecule has 1 heterocycles. The van der Waals surface area contributed by atoms with Crippen LogP contribution in [0.25, 0.3) is 0 Å². The molecule has 0 aliphatic rings. The fraction of sp³-hybridized carbons (Fsp3) is 0.727. The standard InChI is InChI=1S/C11H20N2O/c1-9(2)14-7-10-6-12-8-13(10)11(3,4)5/h6,8-9H,7H2,1-5H3. The summed E-state index contributed by atoms with van der Waals surface area (Å²) in [4.78, 5) is 4.15. The van der Waals surface area contributed by atoms with Crippen LogP contribution in [0.3, 0.4) is 0 Å². The van der Waals surface area contributed by atoms with Crippen molar-refractivity contribution in [2.45, 2.75) is 52.9 Å². The van der Waals surface area contributed by atoms with Gasteiger partial charge in [0, 0.05) is 5.54 Å². The highest BCUT2D eigenvalue weighted by Gasteiger charge is 2.16. The lowest BCUT2D eigenvalue weighted by molar-refractivity contribution is 0.0597. The Bertz CT molecular complexity index is 284. The minimum absolute atomic E-state index is 0.0756. The minimum atomic E-state index is 0.0756. The summed E-state index contributed by atoms with van der Waals surface area (Å²) >= 11 is 0. The average Bonchev–Trinajstić information content (AvgIpc) is 2.46. The molecule has 0 aliphatic heterocycles. The second-order valence-electron chi connectivity index (χ2n) is 4.79. The Morgan fingerprint density at radius 2 is 2.07 bits per heavy atom. The van der Waals surface area contributed by atoms with Crippen molar-refractivity contribution in [3.05, 3.63) is 18.2 Å². The van der Waals surface area contributed by atoms with Crippen molar-refractivity contribution in [3.63, 3.8) is 0 Å². The molecule has 0 saturated carbocycles. The maximum absolute atomic E-state index is 5.56. The molecule has 1 rings (SSSR count). The number of aromatic nitrogens is 2. The Hall–Kier alpha value is -0.830. The Morgan fingerprint density at radius 3 is 2.57 bits per heavy atom. The molecule has 1 aromatic heterocycles. The van der Waals surface area contributed by atoms with Crippen LogP contribution >= 0.6 is 0 Å². The predicted molar refractivity (Wildman–Crippen MR) is 57.1 cm³/mol. The third-order valence-corrected chi connectivity index (χ3v) is 2.00. The van der Waals surface area contributed by atoms with Crippen LogP contribution in [0, 0.1) is 0 Å². The molecule has 3 heteroatoms. The first-order chi connectivity index (χ1) is 6.41. The molecule has 0 amide bonds. The van der Waals surface area contributed by atoms with E-state index in [0.717, 1.165) is 5.69 Å². The number of ether oxygens (including phenoxy) is 1. The van der Waals surface area contributed by atoms with Gasteiger partial charge in [-0.3, -0.25) is 0 Å². The number of hydrogen-bond acceptors (Lipinski definition) is 2. The fourth-order valence-electron chi connectivity index (χ4n) is 1.29. The summed E-state index contributed by atoms with van der Waals surface area (Å²) in [5.41, 5.74) is 1.21. The smallest absolute Gasteiger partial charge is 0.0953 e. The Kier molecular flexibility index (Phi) is 3.32. The molecular weight excluding hydrogens is 176 g/mol. The van der Waals surface area contributed by atoms with E-state index >= 15 is 0 Å². The van der Waals surface area contributed by atoms with Gasteiger partial charge < -0.3 is 9.30 Å². The molecule has 0 aliphatic carbocycles. The Labute approximate surface area is 86.1 Å². The van der Waals surface area contributed by atoms with Crippen molar-refractivity contribution in [2.24, 2.45) is 0 Å². The van der Waals surface area contributed by atoms with Crippen molar-refractivity contribution in [1.29, 1.82) is 0 Å². The van der Waals surface area contributed by atoms with Gasteiger partial charge in [-0.05, 0) is 34.6 Å². The van der Waals surface area contributed by atoms with E-state index in [9.17, 15) is 0 Å². The summed E-state index contributed by atoms with van der Waals surface area (Å²) in [6.45, 7) is 11.2. The van der Waals surface area contributed by atoms with E-state index in [1.807, 2.05) is 26.4 Å². The molecule has 0 aromatic carbocycles. The lowest BCUT2D eigenvalue weighted by atomic mass is 10.1. The normalized spacial score (nSPS) is 12.4. The summed E-state index contributed by atoms with van der Waals surface area (Å²) < 4.78 is 7.71. The van der Waals surface area contributed by atoms with Crippen LogP contribution in [0.4, 0.5) is 0 Å². The van der Waals surface area contributed by atoms with E-state index in [-0.39, 0.29) is 11.6 Å². The van der Waals surface area contributed by atoms with Crippen LogP contribution in [0.15, 0.2) is 12.5 Å². The van der Waals surface area contributed by atoms with Gasteiger partial charge in [0.15, 0.2) is 0 Å². The highest BCUT2D eigenvalue weighted by atomic mass is 16.5. The van der Waals surface area contributed by atoms with Gasteiger partial charge in [-0.15, -0.1) is 0 Å². The van der Waals surface area contributed by atoms with Gasteiger partial charge in [-0.2, -0.15) is 0 Å². The molecular formula is C11H20N2O. The first-order valence-corrected chi connectivity index (χ1v) is 5.04. The maximum atomic E-state index is 5.56. The van der Waals surface area contributed by atoms with Crippen molar-refractivity contribution < 1.29 is 4.74 Å². The van der Waals surface area contributed by atoms with Crippen molar-refractivity contribution in [2.75, 3.05) is 0 Å². The number of imidazole rings is 1. The van der Waals surface area contributed by atoms with Gasteiger partial charge in [-0.25, -0.2) is 4.98 Å². The van der Waals surface area contributed by atoms with E-state index in [0.29, 0.717) is 6.61 Å². The lowest BCUT2D eigenvalue weighted by Crippen LogP contribution is -2.23. The van der Waals surface area contributed by atoms with E-state index in [2.05, 4.69) is 30.3 Å². The second kappa shape index (κ2) is 4.13. The Balaban J connectivity index is 2.73. The highest BCUT2D eigenvalue weighted by Crippen LogP contribution is 2.17. The number of hydrogen-bond donors (Lipinski definition) is 0. The molecule has 0 saturated heterocycles. The van der Waals surface area contributed by atoms with Gasteiger partial charge >= 0.3 is 0 Å². The SMILES string of the molecule is CC(C)OCc1cncn1C(C)(C)C. The molecule has 0 radical (unpaired) electrons. The third kappa shape index (κ3) is 2.84. The molecule has 0 N–H and O–H groups in total. The summed E-state index contributed by atoms with van der Waals surface area (Å²) in [6, 6.07) is 0. The molecule has 0 unspecified atom stereocenters. The van der Waals surface area contributed by atoms with Crippen LogP contribution in [-0.2, 0) is 16.9 Å². The summed E-state index contributed by atoms with van der Waals surface area (Å²) in [7, 11) is 0. The molecule has 0 bridgehead atoms. The van der Waals surface area contributed by atoms with Gasteiger partial charge in [-0.1, -0.05) is 0 Å². The fourth-order valence-corrected chi connectivity index (χ4v) is 1.29. The van der Waals surface area contributed by atoms with Crippen molar-refractivity contribution in [3.8, 4) is 0 Å². The first kappa shape index (κ1) is 11.2. The highest BCUT2D eigenvalue weighted by molar-refractivity contribution is 5.00. The number of rotatable bonds is 3. The molecule has 0 atom stereocenters. The van der Waals surface area contributed by atoms with Crippen LogP contribution in [0.5, 0.6) is 0 Å². The van der Waals surface area contributed by atoms with Crippen molar-refractivity contribution in [1.82, 2.24) is 9.55 Å². The quantitative estimate of drug-likeness (QED) is 0.743. The average molecular weight is 196 g/mol. The summed E-state index contributed by atoms with van der Waals surface area (Å²) in [5.74, 6) is 0. The minimum Gasteiger partial charge on any atom is -0.373 e. The van der Waals surface area contributed by atoms with E-state index < -0.39 is 0 Å². The third-order valence-electron chi connectivity index (χ3n) is 2.00. The van der Waals surface area contributed by atoms with Crippen LogP contribution in [-0.4, -0.2) is 15.7 Å². The molecule has 1 aromatic rings. The Morgan fingerprint density at radius 1 is 1.43 bits per heavy atom. The van der Waals surface area contributed by atoms with Crippen LogP contribution in [0.1, 0.15) is 40.3 Å². The van der Waals surface area contributed by atoms with Gasteiger partial charge in [0.05, 0.1) is 30.9 Å². The van der Waals surface area contributed by atoms with E-state index in [1.165, 1.54) is 0 Å². The van der Waals surface area contributed by atoms with Gasteiger partial charge in [0.25, 0.3) is 0 Å². The zero-order valence-corrected chi connectivity index (χ0v) is 9.74. The molecule has 3 nitrogen and oxygen atoms in total. The maximum Gasteiger partial charge on any atom is 0.0953 e. The van der Waals surface area contributed by atoms with E-state index in [1.54, 1.807) is 0 Å². The molecule has 80 valence electrons. The van der Waals surface area contributed by atoms with Crippen LogP contribution in [0.2, 0.25) is 0 Å². The summed E-state index contributed by atoms with van der Waals surface area (Å²) in [5, 5.41) is 0. The van der Waals surface area contributed by atoms with Gasteiger partial charge in [0.2, 0.25) is 0 Å². The van der Waals surface area contributed by atoms with Crippen LogP contribution < -0.4 is 0 Å². The first-order valence-electron chi connectivity index (χ1n) is 5.04. The lowest BCUT2D eigenvalue weighted by Gasteiger charge is -2.23. The zero-order chi connectivity index (χ0) is 10.8. The molecule has 0 spiro atoms. The van der Waals surface area contributed by atoms with Crippen molar-refractivity contribution >= 4 is 0 Å². The summed E-state index contributed by atoms with van der Waals surface area (Å²) in [6.07, 6.45) is 3.99. The predicted octanol–water partition coefficient (Wildman–Crippen LogP) is 2.56. The monoisotopic (exact) mass is 196 g/mol. The molecule has 0 fully saturated rings. The zero-order valence-electron chi connectivity index (χ0n) is 9.74.